The summed E-state index contributed by atoms with van der Waals surface area (Å²) in [6.07, 6.45) is 3.20. The van der Waals surface area contributed by atoms with E-state index in [1.165, 1.54) is 18.3 Å². The zero-order valence-electron chi connectivity index (χ0n) is 10.3. The summed E-state index contributed by atoms with van der Waals surface area (Å²) in [5.74, 6) is -0.734. The van der Waals surface area contributed by atoms with E-state index in [9.17, 15) is 9.18 Å². The molecule has 0 N–H and O–H groups in total. The minimum atomic E-state index is -0.470. The fourth-order valence-electron chi connectivity index (χ4n) is 2.12. The second-order valence-electron chi connectivity index (χ2n) is 4.36. The van der Waals surface area contributed by atoms with E-state index in [0.29, 0.717) is 5.56 Å². The summed E-state index contributed by atoms with van der Waals surface area (Å²) in [5.41, 5.74) is 0.725. The van der Waals surface area contributed by atoms with Crippen LogP contribution in [-0.2, 0) is 0 Å². The molecule has 0 radical (unpaired) electrons. The lowest BCUT2D eigenvalue weighted by molar-refractivity contribution is 0.104. The standard InChI is InChI=1S/C16H9ClFNO/c17-15-7-11(18)5-6-13(15)16(20)14-9-19-8-10-3-1-2-4-12(10)14/h1-9H. The number of rotatable bonds is 2. The van der Waals surface area contributed by atoms with Crippen LogP contribution in [0.5, 0.6) is 0 Å². The number of ketones is 1. The molecule has 20 heavy (non-hydrogen) atoms. The second kappa shape index (κ2) is 5.02. The Morgan fingerprint density at radius 3 is 2.65 bits per heavy atom. The molecule has 0 saturated carbocycles. The third kappa shape index (κ3) is 2.17. The summed E-state index contributed by atoms with van der Waals surface area (Å²) in [6.45, 7) is 0. The number of fused-ring (bicyclic) bond motifs is 1. The van der Waals surface area contributed by atoms with Crippen LogP contribution in [0.25, 0.3) is 10.8 Å². The molecule has 0 amide bonds. The van der Waals surface area contributed by atoms with Gasteiger partial charge in [-0.05, 0) is 23.6 Å². The average Bonchev–Trinajstić information content (AvgIpc) is 2.46. The smallest absolute Gasteiger partial charge is 0.196 e. The minimum Gasteiger partial charge on any atom is -0.288 e. The van der Waals surface area contributed by atoms with Gasteiger partial charge in [-0.15, -0.1) is 0 Å². The van der Waals surface area contributed by atoms with Crippen molar-refractivity contribution in [3.63, 3.8) is 0 Å². The van der Waals surface area contributed by atoms with Crippen LogP contribution in [0.15, 0.2) is 54.9 Å². The SMILES string of the molecule is O=C(c1ccc(F)cc1Cl)c1cncc2ccccc12. The van der Waals surface area contributed by atoms with Crippen LogP contribution in [0.4, 0.5) is 4.39 Å². The Morgan fingerprint density at radius 2 is 1.85 bits per heavy atom. The Balaban J connectivity index is 2.18. The van der Waals surface area contributed by atoms with Gasteiger partial charge in [-0.1, -0.05) is 35.9 Å². The van der Waals surface area contributed by atoms with E-state index in [-0.39, 0.29) is 16.4 Å². The summed E-state index contributed by atoms with van der Waals surface area (Å²) in [5, 5.41) is 1.77. The molecular formula is C16H9ClFNO. The van der Waals surface area contributed by atoms with Crippen molar-refractivity contribution in [1.82, 2.24) is 4.98 Å². The summed E-state index contributed by atoms with van der Waals surface area (Å²) >= 11 is 5.94. The fraction of sp³-hybridized carbons (Fsp3) is 0. The number of carbonyl (C=O) groups is 1. The Hall–Kier alpha value is -2.26. The third-order valence-electron chi connectivity index (χ3n) is 3.09. The van der Waals surface area contributed by atoms with E-state index < -0.39 is 5.82 Å². The number of hydrogen-bond acceptors (Lipinski definition) is 2. The first kappa shape index (κ1) is 12.8. The molecule has 0 bridgehead atoms. The lowest BCUT2D eigenvalue weighted by atomic mass is 9.99. The molecule has 0 aliphatic rings. The molecule has 0 aliphatic heterocycles. The van der Waals surface area contributed by atoms with E-state index in [1.54, 1.807) is 6.20 Å². The molecule has 3 rings (SSSR count). The van der Waals surface area contributed by atoms with Gasteiger partial charge < -0.3 is 0 Å². The molecule has 98 valence electrons. The minimum absolute atomic E-state index is 0.0999. The van der Waals surface area contributed by atoms with Gasteiger partial charge in [0, 0.05) is 28.9 Å². The maximum atomic E-state index is 13.1. The van der Waals surface area contributed by atoms with Crippen molar-refractivity contribution in [2.45, 2.75) is 0 Å². The van der Waals surface area contributed by atoms with E-state index in [4.69, 9.17) is 11.6 Å². The number of pyridine rings is 1. The predicted octanol–water partition coefficient (Wildman–Crippen LogP) is 4.26. The first-order chi connectivity index (χ1) is 9.66. The topological polar surface area (TPSA) is 30.0 Å². The number of carbonyl (C=O) groups excluding carboxylic acids is 1. The van der Waals surface area contributed by atoms with Gasteiger partial charge in [0.25, 0.3) is 0 Å². The van der Waals surface area contributed by atoms with Gasteiger partial charge in [0.1, 0.15) is 5.82 Å². The van der Waals surface area contributed by atoms with Crippen LogP contribution in [-0.4, -0.2) is 10.8 Å². The molecule has 0 atom stereocenters. The van der Waals surface area contributed by atoms with Crippen molar-refractivity contribution in [1.29, 1.82) is 0 Å². The van der Waals surface area contributed by atoms with Gasteiger partial charge >= 0.3 is 0 Å². The summed E-state index contributed by atoms with van der Waals surface area (Å²) in [7, 11) is 0. The number of nitrogens with zero attached hydrogens (tertiary/aromatic N) is 1. The number of halogens is 2. The average molecular weight is 286 g/mol. The normalized spacial score (nSPS) is 10.7. The highest BCUT2D eigenvalue weighted by Gasteiger charge is 2.16. The fourth-order valence-corrected chi connectivity index (χ4v) is 2.37. The van der Waals surface area contributed by atoms with Crippen molar-refractivity contribution in [3.05, 3.63) is 76.8 Å². The van der Waals surface area contributed by atoms with Gasteiger partial charge in [0.05, 0.1) is 5.02 Å². The molecule has 1 aromatic heterocycles. The molecule has 0 spiro atoms. The van der Waals surface area contributed by atoms with Gasteiger partial charge in [0.2, 0.25) is 0 Å². The summed E-state index contributed by atoms with van der Waals surface area (Å²) in [6, 6.07) is 11.2. The lowest BCUT2D eigenvalue weighted by Gasteiger charge is -2.06. The zero-order valence-corrected chi connectivity index (χ0v) is 11.1. The molecule has 2 nitrogen and oxygen atoms in total. The summed E-state index contributed by atoms with van der Waals surface area (Å²) < 4.78 is 13.1. The number of hydrogen-bond donors (Lipinski definition) is 0. The summed E-state index contributed by atoms with van der Waals surface area (Å²) in [4.78, 5) is 16.6. The van der Waals surface area contributed by atoms with Crippen LogP contribution in [0.2, 0.25) is 5.02 Å². The van der Waals surface area contributed by atoms with Gasteiger partial charge in [-0.2, -0.15) is 0 Å². The molecule has 3 aromatic rings. The van der Waals surface area contributed by atoms with Gasteiger partial charge in [0.15, 0.2) is 5.78 Å². The highest BCUT2D eigenvalue weighted by Crippen LogP contribution is 2.24. The Morgan fingerprint density at radius 1 is 1.05 bits per heavy atom. The van der Waals surface area contributed by atoms with Crippen molar-refractivity contribution < 1.29 is 9.18 Å². The van der Waals surface area contributed by atoms with Crippen molar-refractivity contribution in [2.24, 2.45) is 0 Å². The predicted molar refractivity (Wildman–Crippen MR) is 76.6 cm³/mol. The van der Waals surface area contributed by atoms with Gasteiger partial charge in [-0.3, -0.25) is 9.78 Å². The van der Waals surface area contributed by atoms with Crippen molar-refractivity contribution >= 4 is 28.2 Å². The van der Waals surface area contributed by atoms with Crippen LogP contribution in [0.3, 0.4) is 0 Å². The van der Waals surface area contributed by atoms with E-state index in [2.05, 4.69) is 4.98 Å². The number of aromatic nitrogens is 1. The van der Waals surface area contributed by atoms with Gasteiger partial charge in [-0.25, -0.2) is 4.39 Å². The molecule has 0 saturated heterocycles. The molecular weight excluding hydrogens is 277 g/mol. The largest absolute Gasteiger partial charge is 0.288 e. The Kier molecular flexibility index (Phi) is 3.20. The van der Waals surface area contributed by atoms with Crippen LogP contribution >= 0.6 is 11.6 Å². The highest BCUT2D eigenvalue weighted by atomic mass is 35.5. The van der Waals surface area contributed by atoms with Crippen molar-refractivity contribution in [2.75, 3.05) is 0 Å². The quantitative estimate of drug-likeness (QED) is 0.659. The van der Waals surface area contributed by atoms with Crippen molar-refractivity contribution in [3.8, 4) is 0 Å². The van der Waals surface area contributed by atoms with Crippen LogP contribution < -0.4 is 0 Å². The van der Waals surface area contributed by atoms with E-state index in [0.717, 1.165) is 16.8 Å². The van der Waals surface area contributed by atoms with Crippen LogP contribution in [0.1, 0.15) is 15.9 Å². The molecule has 0 aliphatic carbocycles. The second-order valence-corrected chi connectivity index (χ2v) is 4.77. The lowest BCUT2D eigenvalue weighted by Crippen LogP contribution is -2.04. The first-order valence-electron chi connectivity index (χ1n) is 5.99. The maximum absolute atomic E-state index is 13.1. The van der Waals surface area contributed by atoms with Crippen LogP contribution in [0, 0.1) is 5.82 Å². The monoisotopic (exact) mass is 285 g/mol. The first-order valence-corrected chi connectivity index (χ1v) is 6.37. The number of benzene rings is 2. The maximum Gasteiger partial charge on any atom is 0.196 e. The molecule has 1 heterocycles. The van der Waals surface area contributed by atoms with E-state index in [1.807, 2.05) is 24.3 Å². The third-order valence-corrected chi connectivity index (χ3v) is 3.40. The van der Waals surface area contributed by atoms with E-state index >= 15 is 0 Å². The molecule has 4 heteroatoms. The molecule has 0 unspecified atom stereocenters. The molecule has 0 fully saturated rings. The highest BCUT2D eigenvalue weighted by molar-refractivity contribution is 6.35. The zero-order chi connectivity index (χ0) is 14.1. The molecule has 2 aromatic carbocycles. The Bertz CT molecular complexity index is 811. The Labute approximate surface area is 119 Å².